The van der Waals surface area contributed by atoms with Crippen LogP contribution in [0, 0.1) is 5.92 Å². The van der Waals surface area contributed by atoms with E-state index in [4.69, 9.17) is 9.39 Å². The quantitative estimate of drug-likeness (QED) is 0.236. The molecule has 3 rings (SSSR count). The van der Waals surface area contributed by atoms with Gasteiger partial charge in [-0.1, -0.05) is 63.8 Å². The van der Waals surface area contributed by atoms with Gasteiger partial charge in [0.2, 0.25) is 0 Å². The van der Waals surface area contributed by atoms with Crippen LogP contribution in [-0.2, 0) is 11.1 Å². The van der Waals surface area contributed by atoms with E-state index in [0.717, 1.165) is 30.7 Å². The molecule has 3 nitrogen and oxygen atoms in total. The minimum Gasteiger partial charge on any atom is -0.423 e. The van der Waals surface area contributed by atoms with E-state index < -0.39 is 0 Å². The second-order valence-corrected chi connectivity index (χ2v) is 8.86. The lowest BCUT2D eigenvalue weighted by molar-refractivity contribution is 0.0734. The Balaban J connectivity index is 1.50. The molecule has 1 heterocycles. The van der Waals surface area contributed by atoms with E-state index in [-0.39, 0.29) is 12.2 Å². The Morgan fingerprint density at radius 3 is 2.45 bits per heavy atom. The van der Waals surface area contributed by atoms with Crippen molar-refractivity contribution in [3.8, 4) is 5.75 Å². The van der Waals surface area contributed by atoms with Crippen molar-refractivity contribution < 1.29 is 14.2 Å². The number of carbonyl (C=O) groups is 1. The normalized spacial score (nSPS) is 16.6. The SMILES string of the molecule is CCCCCC1COB(c2ccc(C(=O)Oc3ccc(CCC)cc3)cc2)SC1. The van der Waals surface area contributed by atoms with Crippen molar-refractivity contribution in [1.82, 2.24) is 0 Å². The van der Waals surface area contributed by atoms with Crippen LogP contribution >= 0.6 is 11.6 Å². The summed E-state index contributed by atoms with van der Waals surface area (Å²) in [5, 5.41) is 0. The Morgan fingerprint density at radius 2 is 1.83 bits per heavy atom. The first-order chi connectivity index (χ1) is 14.2. The standard InChI is InChI=1S/C24H31BO3S/c1-3-5-6-8-20-17-27-25(29-18-20)22-13-11-21(12-14-22)24(26)28-23-15-9-19(7-4-2)10-16-23/h9-16,20H,3-8,17-18H2,1-2H3. The van der Waals surface area contributed by atoms with Gasteiger partial charge >= 0.3 is 12.2 Å². The molecule has 0 N–H and O–H groups in total. The van der Waals surface area contributed by atoms with Gasteiger partial charge in [-0.05, 0) is 59.8 Å². The van der Waals surface area contributed by atoms with Crippen molar-refractivity contribution >= 4 is 29.2 Å². The predicted molar refractivity (Wildman–Crippen MR) is 123 cm³/mol. The zero-order valence-electron chi connectivity index (χ0n) is 17.6. The molecule has 0 radical (unpaired) electrons. The first kappa shape index (κ1) is 22.0. The van der Waals surface area contributed by atoms with Crippen LogP contribution in [0.1, 0.15) is 61.9 Å². The number of hydrogen-bond acceptors (Lipinski definition) is 4. The fourth-order valence-electron chi connectivity index (χ4n) is 3.54. The molecule has 1 fully saturated rings. The van der Waals surface area contributed by atoms with Crippen LogP contribution in [0.2, 0.25) is 0 Å². The molecule has 1 unspecified atom stereocenters. The van der Waals surface area contributed by atoms with Crippen molar-refractivity contribution in [2.45, 2.75) is 52.4 Å². The van der Waals surface area contributed by atoms with E-state index in [1.165, 1.54) is 31.2 Å². The van der Waals surface area contributed by atoms with Gasteiger partial charge in [-0.3, -0.25) is 0 Å². The highest BCUT2D eigenvalue weighted by atomic mass is 32.2. The number of aryl methyl sites for hydroxylation is 1. The molecule has 1 aliphatic rings. The third-order valence-electron chi connectivity index (χ3n) is 5.27. The van der Waals surface area contributed by atoms with Crippen LogP contribution in [0.4, 0.5) is 0 Å². The molecule has 5 heteroatoms. The molecular weight excluding hydrogens is 379 g/mol. The van der Waals surface area contributed by atoms with Crippen LogP contribution in [0.3, 0.4) is 0 Å². The Morgan fingerprint density at radius 1 is 1.07 bits per heavy atom. The molecule has 1 saturated heterocycles. The van der Waals surface area contributed by atoms with Crippen molar-refractivity contribution in [2.24, 2.45) is 5.92 Å². The molecule has 1 atom stereocenters. The number of rotatable bonds is 9. The number of hydrogen-bond donors (Lipinski definition) is 0. The molecule has 2 aromatic rings. The largest absolute Gasteiger partial charge is 0.423 e. The van der Waals surface area contributed by atoms with E-state index in [1.54, 1.807) is 0 Å². The van der Waals surface area contributed by atoms with Gasteiger partial charge < -0.3 is 9.39 Å². The molecule has 29 heavy (non-hydrogen) atoms. The van der Waals surface area contributed by atoms with E-state index >= 15 is 0 Å². The van der Waals surface area contributed by atoms with Gasteiger partial charge in [0, 0.05) is 6.61 Å². The van der Waals surface area contributed by atoms with Crippen molar-refractivity contribution in [3.05, 3.63) is 59.7 Å². The molecule has 0 aliphatic carbocycles. The van der Waals surface area contributed by atoms with Crippen molar-refractivity contribution in [3.63, 3.8) is 0 Å². The topological polar surface area (TPSA) is 35.5 Å². The fourth-order valence-corrected chi connectivity index (χ4v) is 4.77. The first-order valence-electron chi connectivity index (χ1n) is 10.8. The van der Waals surface area contributed by atoms with E-state index in [0.29, 0.717) is 17.2 Å². The van der Waals surface area contributed by atoms with Gasteiger partial charge in [0.1, 0.15) is 5.75 Å². The second-order valence-electron chi connectivity index (χ2n) is 7.77. The molecular formula is C24H31BO3S. The molecule has 2 aromatic carbocycles. The molecule has 0 saturated carbocycles. The average molecular weight is 410 g/mol. The van der Waals surface area contributed by atoms with Gasteiger partial charge in [0.05, 0.1) is 5.56 Å². The van der Waals surface area contributed by atoms with Crippen LogP contribution in [0.15, 0.2) is 48.5 Å². The third-order valence-corrected chi connectivity index (χ3v) is 6.65. The lowest BCUT2D eigenvalue weighted by atomic mass is 9.84. The van der Waals surface area contributed by atoms with E-state index in [1.807, 2.05) is 60.1 Å². The summed E-state index contributed by atoms with van der Waals surface area (Å²) < 4.78 is 11.6. The van der Waals surface area contributed by atoms with E-state index in [9.17, 15) is 4.79 Å². The summed E-state index contributed by atoms with van der Waals surface area (Å²) >= 11 is 1.87. The van der Waals surface area contributed by atoms with E-state index in [2.05, 4.69) is 13.8 Å². The van der Waals surface area contributed by atoms with Crippen LogP contribution in [0.25, 0.3) is 0 Å². The summed E-state index contributed by atoms with van der Waals surface area (Å²) in [6.45, 7) is 5.23. The lowest BCUT2D eigenvalue weighted by Crippen LogP contribution is -2.38. The van der Waals surface area contributed by atoms with Crippen molar-refractivity contribution in [1.29, 1.82) is 0 Å². The number of unbranched alkanes of at least 4 members (excludes halogenated alkanes) is 2. The average Bonchev–Trinajstić information content (AvgIpc) is 2.76. The maximum atomic E-state index is 12.4. The van der Waals surface area contributed by atoms with Gasteiger partial charge in [-0.2, -0.15) is 11.6 Å². The number of carbonyl (C=O) groups excluding carboxylic acids is 1. The highest BCUT2D eigenvalue weighted by molar-refractivity contribution is 8.26. The zero-order valence-corrected chi connectivity index (χ0v) is 18.4. The lowest BCUT2D eigenvalue weighted by Gasteiger charge is -2.27. The Labute approximate surface area is 179 Å². The monoisotopic (exact) mass is 410 g/mol. The number of ether oxygens (including phenoxy) is 1. The van der Waals surface area contributed by atoms with Crippen molar-refractivity contribution in [2.75, 3.05) is 12.4 Å². The minimum absolute atomic E-state index is 0.0635. The van der Waals surface area contributed by atoms with Crippen LogP contribution < -0.4 is 10.2 Å². The van der Waals surface area contributed by atoms with Crippen LogP contribution in [0.5, 0.6) is 5.75 Å². The number of esters is 1. The first-order valence-corrected chi connectivity index (χ1v) is 11.9. The highest BCUT2D eigenvalue weighted by Gasteiger charge is 2.27. The Bertz CT molecular complexity index is 753. The Hall–Kier alpha value is -1.72. The van der Waals surface area contributed by atoms with Gasteiger partial charge in [0.25, 0.3) is 0 Å². The molecule has 0 spiro atoms. The van der Waals surface area contributed by atoms with Gasteiger partial charge in [-0.25, -0.2) is 4.79 Å². The maximum absolute atomic E-state index is 12.4. The second kappa shape index (κ2) is 11.5. The predicted octanol–water partition coefficient (Wildman–Crippen LogP) is 5.51. The fraction of sp³-hybridized carbons (Fsp3) is 0.458. The molecule has 0 aromatic heterocycles. The summed E-state index contributed by atoms with van der Waals surface area (Å²) in [6.07, 6.45) is 7.34. The summed E-state index contributed by atoms with van der Waals surface area (Å²) in [7, 11) is 0. The summed E-state index contributed by atoms with van der Waals surface area (Å²) in [6, 6.07) is 15.4. The van der Waals surface area contributed by atoms with Gasteiger partial charge in [-0.15, -0.1) is 0 Å². The summed E-state index contributed by atoms with van der Waals surface area (Å²) in [5.41, 5.74) is 2.93. The summed E-state index contributed by atoms with van der Waals surface area (Å²) in [5.74, 6) is 2.07. The molecule has 0 bridgehead atoms. The Kier molecular flexibility index (Phi) is 8.69. The minimum atomic E-state index is -0.326. The smallest absolute Gasteiger partial charge is 0.396 e. The summed E-state index contributed by atoms with van der Waals surface area (Å²) in [4.78, 5) is 12.4. The third kappa shape index (κ3) is 6.65. The zero-order chi connectivity index (χ0) is 20.5. The van der Waals surface area contributed by atoms with Gasteiger partial charge in [0.15, 0.2) is 0 Å². The highest BCUT2D eigenvalue weighted by Crippen LogP contribution is 2.25. The maximum Gasteiger partial charge on any atom is 0.396 e. The molecule has 154 valence electrons. The molecule has 0 amide bonds. The van der Waals surface area contributed by atoms with Crippen LogP contribution in [-0.4, -0.2) is 24.5 Å². The number of benzene rings is 2. The molecule has 1 aliphatic heterocycles.